The zero-order valence-electron chi connectivity index (χ0n) is 11.6. The molecule has 1 N–H and O–H groups in total. The van der Waals surface area contributed by atoms with Crippen molar-refractivity contribution in [2.75, 3.05) is 26.2 Å². The van der Waals surface area contributed by atoms with Crippen molar-refractivity contribution in [3.05, 3.63) is 35.1 Å². The lowest BCUT2D eigenvalue weighted by molar-refractivity contribution is -0.137. The molecule has 2 heterocycles. The maximum absolute atomic E-state index is 13.9. The van der Waals surface area contributed by atoms with Crippen LogP contribution in [0.1, 0.15) is 24.0 Å². The number of hydrogen-bond donors (Lipinski definition) is 1. The molecule has 1 aromatic carbocycles. The van der Waals surface area contributed by atoms with Crippen LogP contribution in [0.4, 0.5) is 17.6 Å². The minimum atomic E-state index is -4.49. The Balaban J connectivity index is 1.68. The summed E-state index contributed by atoms with van der Waals surface area (Å²) in [6.45, 7) is 4.15. The average molecular weight is 302 g/mol. The van der Waals surface area contributed by atoms with Crippen molar-refractivity contribution >= 4 is 0 Å². The molecule has 0 bridgehead atoms. The van der Waals surface area contributed by atoms with Crippen molar-refractivity contribution in [1.82, 2.24) is 10.2 Å². The van der Waals surface area contributed by atoms with Gasteiger partial charge < -0.3 is 5.32 Å². The Kier molecular flexibility index (Phi) is 3.69. The van der Waals surface area contributed by atoms with Crippen LogP contribution in [0.2, 0.25) is 0 Å². The molecule has 0 aromatic heterocycles. The maximum Gasteiger partial charge on any atom is 0.416 e. The van der Waals surface area contributed by atoms with Gasteiger partial charge in [0.1, 0.15) is 5.82 Å². The number of hydrogen-bond acceptors (Lipinski definition) is 2. The molecular formula is C15H18F4N2. The third kappa shape index (κ3) is 3.06. The van der Waals surface area contributed by atoms with Crippen LogP contribution in [0.3, 0.4) is 0 Å². The van der Waals surface area contributed by atoms with E-state index in [0.717, 1.165) is 45.1 Å². The number of alkyl halides is 3. The first-order valence-electron chi connectivity index (χ1n) is 7.17. The fourth-order valence-corrected chi connectivity index (χ4v) is 3.40. The molecule has 2 aliphatic rings. The topological polar surface area (TPSA) is 15.3 Å². The van der Waals surface area contributed by atoms with Crippen LogP contribution in [-0.4, -0.2) is 31.1 Å². The highest BCUT2D eigenvalue weighted by molar-refractivity contribution is 5.26. The molecule has 2 saturated heterocycles. The van der Waals surface area contributed by atoms with Gasteiger partial charge in [0.05, 0.1) is 5.56 Å². The van der Waals surface area contributed by atoms with Crippen LogP contribution >= 0.6 is 0 Å². The number of nitrogens with one attached hydrogen (secondary N) is 1. The Morgan fingerprint density at radius 1 is 1.24 bits per heavy atom. The predicted octanol–water partition coefficient (Wildman–Crippen LogP) is 3.03. The number of nitrogens with zero attached hydrogens (tertiary/aromatic N) is 1. The Labute approximate surface area is 121 Å². The third-order valence-electron chi connectivity index (χ3n) is 4.62. The minimum absolute atomic E-state index is 0.280. The van der Waals surface area contributed by atoms with E-state index in [0.29, 0.717) is 18.2 Å². The van der Waals surface area contributed by atoms with Crippen LogP contribution in [0.25, 0.3) is 0 Å². The van der Waals surface area contributed by atoms with Crippen molar-refractivity contribution in [1.29, 1.82) is 0 Å². The molecule has 2 nitrogen and oxygen atoms in total. The highest BCUT2D eigenvalue weighted by Gasteiger charge is 2.40. The Bertz CT molecular complexity index is 521. The lowest BCUT2D eigenvalue weighted by atomic mass is 9.86. The van der Waals surface area contributed by atoms with Crippen molar-refractivity contribution in [2.24, 2.45) is 5.41 Å². The summed E-state index contributed by atoms with van der Waals surface area (Å²) in [5, 5.41) is 3.35. The molecule has 0 aliphatic carbocycles. The normalized spacial score (nSPS) is 26.9. The zero-order chi connectivity index (χ0) is 15.1. The van der Waals surface area contributed by atoms with Gasteiger partial charge in [-0.2, -0.15) is 13.2 Å². The van der Waals surface area contributed by atoms with Gasteiger partial charge in [0, 0.05) is 25.2 Å². The molecule has 6 heteroatoms. The van der Waals surface area contributed by atoms with Gasteiger partial charge in [0.2, 0.25) is 0 Å². The van der Waals surface area contributed by atoms with E-state index in [1.165, 1.54) is 6.07 Å². The second-order valence-electron chi connectivity index (χ2n) is 6.19. The SMILES string of the molecule is Fc1cc(C(F)(F)F)ccc1CN1CCC2(CCNC2)C1. The van der Waals surface area contributed by atoms with Crippen LogP contribution in [-0.2, 0) is 12.7 Å². The summed E-state index contributed by atoms with van der Waals surface area (Å²) in [6, 6.07) is 2.82. The van der Waals surface area contributed by atoms with Gasteiger partial charge in [-0.25, -0.2) is 4.39 Å². The maximum atomic E-state index is 13.9. The molecule has 1 aromatic rings. The van der Waals surface area contributed by atoms with Crippen molar-refractivity contribution in [2.45, 2.75) is 25.6 Å². The van der Waals surface area contributed by atoms with Crippen LogP contribution in [0, 0.1) is 11.2 Å². The summed E-state index contributed by atoms with van der Waals surface area (Å²) in [6.07, 6.45) is -2.30. The summed E-state index contributed by atoms with van der Waals surface area (Å²) in [5.74, 6) is -0.768. The standard InChI is InChI=1S/C15H18F4N2/c16-13-7-12(15(17,18)19)2-1-11(13)8-21-6-4-14(10-21)3-5-20-9-14/h1-2,7,20H,3-6,8-10H2. The Morgan fingerprint density at radius 3 is 2.67 bits per heavy atom. The number of halogens is 4. The van der Waals surface area contributed by atoms with Gasteiger partial charge in [-0.05, 0) is 43.5 Å². The molecule has 1 spiro atoms. The highest BCUT2D eigenvalue weighted by atomic mass is 19.4. The first-order chi connectivity index (χ1) is 9.88. The lowest BCUT2D eigenvalue weighted by Gasteiger charge is -2.23. The van der Waals surface area contributed by atoms with Crippen LogP contribution < -0.4 is 5.32 Å². The molecule has 2 aliphatic heterocycles. The van der Waals surface area contributed by atoms with E-state index in [2.05, 4.69) is 10.2 Å². The number of likely N-dealkylation sites (tertiary alicyclic amines) is 1. The molecule has 116 valence electrons. The van der Waals surface area contributed by atoms with Crippen molar-refractivity contribution in [3.63, 3.8) is 0 Å². The average Bonchev–Trinajstić information content (AvgIpc) is 3.02. The van der Waals surface area contributed by atoms with E-state index in [9.17, 15) is 17.6 Å². The van der Waals surface area contributed by atoms with Crippen molar-refractivity contribution < 1.29 is 17.6 Å². The Morgan fingerprint density at radius 2 is 2.05 bits per heavy atom. The van der Waals surface area contributed by atoms with E-state index in [4.69, 9.17) is 0 Å². The summed E-state index contributed by atoms with van der Waals surface area (Å²) < 4.78 is 51.4. The minimum Gasteiger partial charge on any atom is -0.316 e. The summed E-state index contributed by atoms with van der Waals surface area (Å²) in [5.41, 5.74) is -0.310. The van der Waals surface area contributed by atoms with Crippen molar-refractivity contribution in [3.8, 4) is 0 Å². The van der Waals surface area contributed by atoms with Gasteiger partial charge in [-0.15, -0.1) is 0 Å². The first-order valence-corrected chi connectivity index (χ1v) is 7.17. The fourth-order valence-electron chi connectivity index (χ4n) is 3.40. The molecule has 3 rings (SSSR count). The highest BCUT2D eigenvalue weighted by Crippen LogP contribution is 2.37. The smallest absolute Gasteiger partial charge is 0.316 e. The van der Waals surface area contributed by atoms with Gasteiger partial charge in [-0.3, -0.25) is 4.90 Å². The summed E-state index contributed by atoms with van der Waals surface area (Å²) in [4.78, 5) is 2.14. The van der Waals surface area contributed by atoms with E-state index >= 15 is 0 Å². The van der Waals surface area contributed by atoms with Gasteiger partial charge >= 0.3 is 6.18 Å². The largest absolute Gasteiger partial charge is 0.416 e. The van der Waals surface area contributed by atoms with E-state index < -0.39 is 17.6 Å². The molecular weight excluding hydrogens is 284 g/mol. The molecule has 1 atom stereocenters. The van der Waals surface area contributed by atoms with Crippen LogP contribution in [0.5, 0.6) is 0 Å². The Hall–Kier alpha value is -1.14. The first kappa shape index (κ1) is 14.8. The van der Waals surface area contributed by atoms with E-state index in [-0.39, 0.29) is 5.41 Å². The predicted molar refractivity (Wildman–Crippen MR) is 71.2 cm³/mol. The molecule has 0 amide bonds. The van der Waals surface area contributed by atoms with Gasteiger partial charge in [0.25, 0.3) is 0 Å². The second kappa shape index (κ2) is 5.25. The molecule has 1 unspecified atom stereocenters. The summed E-state index contributed by atoms with van der Waals surface area (Å²) in [7, 11) is 0. The monoisotopic (exact) mass is 302 g/mol. The molecule has 0 radical (unpaired) electrons. The number of benzene rings is 1. The zero-order valence-corrected chi connectivity index (χ0v) is 11.6. The van der Waals surface area contributed by atoms with Crippen LogP contribution in [0.15, 0.2) is 18.2 Å². The van der Waals surface area contributed by atoms with Gasteiger partial charge in [-0.1, -0.05) is 6.07 Å². The number of rotatable bonds is 2. The summed E-state index contributed by atoms with van der Waals surface area (Å²) >= 11 is 0. The lowest BCUT2D eigenvalue weighted by Crippen LogP contribution is -2.29. The van der Waals surface area contributed by atoms with Gasteiger partial charge in [0.15, 0.2) is 0 Å². The van der Waals surface area contributed by atoms with E-state index in [1.807, 2.05) is 0 Å². The fraction of sp³-hybridized carbons (Fsp3) is 0.600. The quantitative estimate of drug-likeness (QED) is 0.845. The third-order valence-corrected chi connectivity index (χ3v) is 4.62. The van der Waals surface area contributed by atoms with E-state index in [1.54, 1.807) is 0 Å². The second-order valence-corrected chi connectivity index (χ2v) is 6.19. The molecule has 21 heavy (non-hydrogen) atoms. The molecule has 0 saturated carbocycles. The molecule has 2 fully saturated rings.